The van der Waals surface area contributed by atoms with Crippen molar-refractivity contribution in [3.8, 4) is 17.0 Å². The van der Waals surface area contributed by atoms with Gasteiger partial charge in [0.25, 0.3) is 5.91 Å². The average Bonchev–Trinajstić information content (AvgIpc) is 3.42. The number of likely N-dealkylation sites (tertiary alicyclic amines) is 1. The van der Waals surface area contributed by atoms with Crippen LogP contribution in [0.2, 0.25) is 5.02 Å². The number of carbonyl (C=O) groups excluding carboxylic acids is 2. The molecule has 0 atom stereocenters. The van der Waals surface area contributed by atoms with Crippen LogP contribution in [-0.4, -0.2) is 71.4 Å². The zero-order valence-corrected chi connectivity index (χ0v) is 24.2. The molecule has 1 saturated heterocycles. The lowest BCUT2D eigenvalue weighted by molar-refractivity contribution is -0.126. The summed E-state index contributed by atoms with van der Waals surface area (Å²) in [7, 11) is 3.44. The number of aromatic nitrogens is 3. The molecule has 0 radical (unpaired) electrons. The fourth-order valence-electron chi connectivity index (χ4n) is 5.13. The van der Waals surface area contributed by atoms with Gasteiger partial charge in [-0.05, 0) is 68.8 Å². The first-order valence-corrected chi connectivity index (χ1v) is 14.0. The molecule has 0 spiro atoms. The van der Waals surface area contributed by atoms with Crippen molar-refractivity contribution in [1.82, 2.24) is 29.9 Å². The zero-order chi connectivity index (χ0) is 28.9. The number of anilines is 2. The summed E-state index contributed by atoms with van der Waals surface area (Å²) in [6.07, 6.45) is 6.67. The number of carbonyl (C=O) groups is 2. The Balaban J connectivity index is 1.27. The second-order valence-corrected chi connectivity index (χ2v) is 10.5. The van der Waals surface area contributed by atoms with E-state index in [1.165, 1.54) is 0 Å². The first kappa shape index (κ1) is 28.4. The van der Waals surface area contributed by atoms with Crippen LogP contribution < -0.4 is 20.7 Å². The Labute approximate surface area is 244 Å². The van der Waals surface area contributed by atoms with Crippen molar-refractivity contribution in [2.75, 3.05) is 45.7 Å². The van der Waals surface area contributed by atoms with Crippen LogP contribution in [0.5, 0.6) is 5.75 Å². The summed E-state index contributed by atoms with van der Waals surface area (Å²) in [5, 5.41) is 9.85. The average molecular weight is 576 g/mol. The minimum atomic E-state index is -0.0522. The second-order valence-electron chi connectivity index (χ2n) is 10.1. The highest BCUT2D eigenvalue weighted by molar-refractivity contribution is 6.32. The molecule has 3 N–H and O–H groups in total. The third kappa shape index (κ3) is 6.13. The van der Waals surface area contributed by atoms with Gasteiger partial charge in [0.1, 0.15) is 5.75 Å². The number of fused-ring (bicyclic) bond motifs is 1. The fourth-order valence-corrected chi connectivity index (χ4v) is 5.39. The Hall–Kier alpha value is -4.15. The Morgan fingerprint density at radius 1 is 1.10 bits per heavy atom. The number of hydrogen-bond acceptors (Lipinski definition) is 7. The van der Waals surface area contributed by atoms with Crippen molar-refractivity contribution in [1.29, 1.82) is 0 Å². The van der Waals surface area contributed by atoms with Crippen LogP contribution in [0.4, 0.5) is 11.5 Å². The van der Waals surface area contributed by atoms with E-state index in [0.717, 1.165) is 29.1 Å². The van der Waals surface area contributed by atoms with Gasteiger partial charge in [0.15, 0.2) is 11.5 Å². The number of hydrogen-bond donors (Lipinski definition) is 3. The lowest BCUT2D eigenvalue weighted by Gasteiger charge is -2.31. The van der Waals surface area contributed by atoms with Gasteiger partial charge in [-0.25, -0.2) is 9.97 Å². The normalized spacial score (nSPS) is 13.8. The molecule has 2 aromatic carbocycles. The summed E-state index contributed by atoms with van der Waals surface area (Å²) < 4.78 is 7.22. The molecule has 1 aliphatic rings. The summed E-state index contributed by atoms with van der Waals surface area (Å²) in [6.45, 7) is 4.40. The van der Waals surface area contributed by atoms with E-state index in [9.17, 15) is 9.59 Å². The first-order chi connectivity index (χ1) is 19.9. The highest BCUT2D eigenvalue weighted by Crippen LogP contribution is 2.32. The Kier molecular flexibility index (Phi) is 8.70. The van der Waals surface area contributed by atoms with Crippen LogP contribution in [0.3, 0.4) is 0 Å². The summed E-state index contributed by atoms with van der Waals surface area (Å²) in [4.78, 5) is 36.6. The van der Waals surface area contributed by atoms with Gasteiger partial charge >= 0.3 is 0 Å². The number of likely N-dealkylation sites (N-methyl/N-ethyl adjacent to an activating group) is 1. The number of methoxy groups -OCH3 is 1. The van der Waals surface area contributed by atoms with Crippen LogP contribution in [0.25, 0.3) is 16.9 Å². The lowest BCUT2D eigenvalue weighted by Crippen LogP contribution is -2.44. The quantitative estimate of drug-likeness (QED) is 0.255. The fraction of sp³-hybridized carbons (Fsp3) is 0.333. The molecule has 1 fully saturated rings. The summed E-state index contributed by atoms with van der Waals surface area (Å²) in [6, 6.07) is 11.3. The highest BCUT2D eigenvalue weighted by atomic mass is 35.5. The van der Waals surface area contributed by atoms with Crippen molar-refractivity contribution in [2.24, 2.45) is 5.92 Å². The van der Waals surface area contributed by atoms with E-state index < -0.39 is 0 Å². The zero-order valence-electron chi connectivity index (χ0n) is 23.4. The Morgan fingerprint density at radius 3 is 2.61 bits per heavy atom. The smallest absolute Gasteiger partial charge is 0.254 e. The number of nitrogens with one attached hydrogen (secondary N) is 3. The summed E-state index contributed by atoms with van der Waals surface area (Å²) >= 11 is 6.35. The molecule has 5 rings (SSSR count). The summed E-state index contributed by atoms with van der Waals surface area (Å²) in [5.41, 5.74) is 4.73. The Morgan fingerprint density at radius 2 is 1.90 bits per heavy atom. The number of benzene rings is 2. The molecule has 10 nitrogen and oxygen atoms in total. The van der Waals surface area contributed by atoms with Gasteiger partial charge in [0.05, 0.1) is 24.0 Å². The van der Waals surface area contributed by atoms with Crippen molar-refractivity contribution < 1.29 is 14.3 Å². The topological polar surface area (TPSA) is 113 Å². The predicted octanol–water partition coefficient (Wildman–Crippen LogP) is 4.30. The maximum atomic E-state index is 13.3. The van der Waals surface area contributed by atoms with Gasteiger partial charge in [-0.2, -0.15) is 0 Å². The number of piperidine rings is 1. The van der Waals surface area contributed by atoms with Crippen LogP contribution in [0.15, 0.2) is 55.0 Å². The predicted molar refractivity (Wildman–Crippen MR) is 160 cm³/mol. The number of aryl methyl sites for hydroxylation is 1. The van der Waals surface area contributed by atoms with Crippen molar-refractivity contribution >= 4 is 40.6 Å². The van der Waals surface area contributed by atoms with E-state index in [-0.39, 0.29) is 17.7 Å². The molecule has 0 saturated carbocycles. The second kappa shape index (κ2) is 12.6. The van der Waals surface area contributed by atoms with E-state index in [1.54, 1.807) is 19.5 Å². The van der Waals surface area contributed by atoms with E-state index in [1.807, 2.05) is 65.9 Å². The lowest BCUT2D eigenvalue weighted by atomic mass is 9.95. The van der Waals surface area contributed by atoms with Gasteiger partial charge in [-0.1, -0.05) is 11.6 Å². The molecule has 2 aromatic heterocycles. The van der Waals surface area contributed by atoms with Gasteiger partial charge in [0.2, 0.25) is 5.91 Å². The van der Waals surface area contributed by atoms with E-state index in [0.29, 0.717) is 60.3 Å². The molecule has 41 heavy (non-hydrogen) atoms. The van der Waals surface area contributed by atoms with Gasteiger partial charge in [-0.15, -0.1) is 0 Å². The van der Waals surface area contributed by atoms with Crippen LogP contribution in [0, 0.1) is 12.8 Å². The maximum absolute atomic E-state index is 13.3. The number of halogens is 1. The van der Waals surface area contributed by atoms with Crippen molar-refractivity contribution in [2.45, 2.75) is 19.8 Å². The van der Waals surface area contributed by atoms with Crippen LogP contribution in [0.1, 0.15) is 28.8 Å². The molecule has 4 aromatic rings. The number of nitrogens with zero attached hydrogens (tertiary/aromatic N) is 4. The first-order valence-electron chi connectivity index (χ1n) is 13.6. The van der Waals surface area contributed by atoms with E-state index in [2.05, 4.69) is 25.9 Å². The summed E-state index contributed by atoms with van der Waals surface area (Å²) in [5.74, 6) is 1.20. The molecule has 0 aliphatic carbocycles. The Bertz CT molecular complexity index is 1560. The monoisotopic (exact) mass is 575 g/mol. The standard InChI is InChI=1S/C30H34ClN7O3/c1-19-16-22(5-6-23(19)30(40)37-13-8-20(9-14-37)29(39)34-11-10-32-2)36-27-28-35-18-25(38(28)15-12-33-27)21-4-7-26(41-3)24(31)17-21/h4-7,12,15-18,20,32H,8-11,13-14H2,1-3H3,(H,33,36)(H,34,39). The number of rotatable bonds is 9. The number of ether oxygens (including phenoxy) is 1. The van der Waals surface area contributed by atoms with Crippen molar-refractivity contribution in [3.63, 3.8) is 0 Å². The van der Waals surface area contributed by atoms with E-state index >= 15 is 0 Å². The van der Waals surface area contributed by atoms with Crippen molar-refractivity contribution in [3.05, 3.63) is 71.1 Å². The minimum absolute atomic E-state index is 0.0145. The molecular formula is C30H34ClN7O3. The van der Waals surface area contributed by atoms with E-state index in [4.69, 9.17) is 16.3 Å². The molecule has 3 heterocycles. The molecule has 2 amide bonds. The molecule has 0 unspecified atom stereocenters. The minimum Gasteiger partial charge on any atom is -0.495 e. The van der Waals surface area contributed by atoms with Crippen LogP contribution in [-0.2, 0) is 4.79 Å². The number of amides is 2. The van der Waals surface area contributed by atoms with Gasteiger partial charge < -0.3 is 25.6 Å². The molecule has 214 valence electrons. The molecule has 0 bridgehead atoms. The van der Waals surface area contributed by atoms with Gasteiger partial charge in [0, 0.05) is 61.3 Å². The highest BCUT2D eigenvalue weighted by Gasteiger charge is 2.28. The number of imidazole rings is 1. The maximum Gasteiger partial charge on any atom is 0.254 e. The molecule has 1 aliphatic heterocycles. The third-order valence-corrected chi connectivity index (χ3v) is 7.72. The molecule has 11 heteroatoms. The van der Waals surface area contributed by atoms with Crippen LogP contribution >= 0.6 is 11.6 Å². The SMILES string of the molecule is CNCCNC(=O)C1CCN(C(=O)c2ccc(Nc3nccn4c(-c5ccc(OC)c(Cl)c5)cnc34)cc2C)CC1. The molecular weight excluding hydrogens is 542 g/mol. The van der Waals surface area contributed by atoms with Gasteiger partial charge in [-0.3, -0.25) is 14.0 Å². The largest absolute Gasteiger partial charge is 0.495 e. The third-order valence-electron chi connectivity index (χ3n) is 7.42.